The minimum atomic E-state index is 0.229. The van der Waals surface area contributed by atoms with Crippen molar-refractivity contribution in [1.82, 2.24) is 5.32 Å². The number of nitriles is 1. The van der Waals surface area contributed by atoms with E-state index < -0.39 is 0 Å². The van der Waals surface area contributed by atoms with Crippen molar-refractivity contribution in [3.8, 4) is 11.8 Å². The van der Waals surface area contributed by atoms with E-state index in [1.807, 2.05) is 0 Å². The third-order valence-corrected chi connectivity index (χ3v) is 2.59. The van der Waals surface area contributed by atoms with Crippen LogP contribution in [0.15, 0.2) is 18.2 Å². The van der Waals surface area contributed by atoms with Gasteiger partial charge in [-0.2, -0.15) is 5.26 Å². The van der Waals surface area contributed by atoms with E-state index >= 15 is 0 Å². The Morgan fingerprint density at radius 3 is 3.00 bits per heavy atom. The quantitative estimate of drug-likeness (QED) is 0.705. The summed E-state index contributed by atoms with van der Waals surface area (Å²) in [5.41, 5.74) is 1.58. The van der Waals surface area contributed by atoms with Crippen LogP contribution in [0, 0.1) is 11.3 Å². The maximum absolute atomic E-state index is 9.36. The molecular formula is C11H12N2O. The zero-order valence-corrected chi connectivity index (χ0v) is 7.83. The van der Waals surface area contributed by atoms with Crippen LogP contribution in [0.1, 0.15) is 30.0 Å². The molecule has 1 aliphatic heterocycles. The van der Waals surface area contributed by atoms with Crippen molar-refractivity contribution in [1.29, 1.82) is 5.26 Å². The average Bonchev–Trinajstić information content (AvgIpc) is 2.70. The lowest BCUT2D eigenvalue weighted by molar-refractivity contribution is 0.473. The first-order valence-electron chi connectivity index (χ1n) is 4.77. The molecule has 3 heteroatoms. The maximum Gasteiger partial charge on any atom is 0.116 e. The Kier molecular flexibility index (Phi) is 2.38. The van der Waals surface area contributed by atoms with E-state index in [9.17, 15) is 5.11 Å². The second-order valence-corrected chi connectivity index (χ2v) is 3.53. The number of hydrogen-bond acceptors (Lipinski definition) is 3. The van der Waals surface area contributed by atoms with E-state index in [2.05, 4.69) is 11.4 Å². The lowest BCUT2D eigenvalue weighted by Crippen LogP contribution is -2.13. The first kappa shape index (κ1) is 9.04. The molecule has 2 rings (SSSR count). The Bertz CT molecular complexity index is 375. The topological polar surface area (TPSA) is 56.0 Å². The number of phenolic OH excluding ortho intramolecular Hbond substituents is 1. The summed E-state index contributed by atoms with van der Waals surface area (Å²) < 4.78 is 0. The van der Waals surface area contributed by atoms with Gasteiger partial charge in [-0.05, 0) is 43.1 Å². The third-order valence-electron chi connectivity index (χ3n) is 2.59. The van der Waals surface area contributed by atoms with Crippen LogP contribution in [0.4, 0.5) is 0 Å². The Labute approximate surface area is 83.0 Å². The zero-order valence-electron chi connectivity index (χ0n) is 7.83. The first-order valence-corrected chi connectivity index (χ1v) is 4.77. The predicted molar refractivity (Wildman–Crippen MR) is 52.8 cm³/mol. The van der Waals surface area contributed by atoms with Crippen molar-refractivity contribution < 1.29 is 5.11 Å². The Morgan fingerprint density at radius 1 is 1.50 bits per heavy atom. The number of aromatic hydroxyl groups is 1. The summed E-state index contributed by atoms with van der Waals surface area (Å²) in [7, 11) is 0. The maximum atomic E-state index is 9.36. The van der Waals surface area contributed by atoms with Gasteiger partial charge in [0.25, 0.3) is 0 Å². The van der Waals surface area contributed by atoms with Crippen LogP contribution < -0.4 is 5.32 Å². The Morgan fingerprint density at radius 2 is 2.36 bits per heavy atom. The van der Waals surface area contributed by atoms with Gasteiger partial charge in [0.2, 0.25) is 0 Å². The summed E-state index contributed by atoms with van der Waals surface area (Å²) in [6.07, 6.45) is 2.17. The molecule has 1 atom stereocenters. The van der Waals surface area contributed by atoms with Gasteiger partial charge >= 0.3 is 0 Å². The molecule has 1 fully saturated rings. The smallest absolute Gasteiger partial charge is 0.116 e. The number of phenols is 1. The van der Waals surface area contributed by atoms with E-state index in [0.717, 1.165) is 24.9 Å². The molecule has 1 heterocycles. The highest BCUT2D eigenvalue weighted by molar-refractivity contribution is 5.44. The second-order valence-electron chi connectivity index (χ2n) is 3.53. The summed E-state index contributed by atoms with van der Waals surface area (Å²) in [4.78, 5) is 0. The molecule has 1 aromatic rings. The molecule has 14 heavy (non-hydrogen) atoms. The predicted octanol–water partition coefficient (Wildman–Crippen LogP) is 1.69. The summed E-state index contributed by atoms with van der Waals surface area (Å²) in [5, 5.41) is 21.6. The molecule has 0 bridgehead atoms. The Hall–Kier alpha value is -1.53. The first-order chi connectivity index (χ1) is 6.81. The van der Waals surface area contributed by atoms with Gasteiger partial charge in [0, 0.05) is 6.04 Å². The fourth-order valence-electron chi connectivity index (χ4n) is 1.89. The lowest BCUT2D eigenvalue weighted by atomic mass is 9.99. The molecule has 0 aromatic heterocycles. The van der Waals surface area contributed by atoms with Crippen molar-refractivity contribution in [2.75, 3.05) is 6.54 Å². The van der Waals surface area contributed by atoms with Crippen LogP contribution in [0.25, 0.3) is 0 Å². The average molecular weight is 188 g/mol. The van der Waals surface area contributed by atoms with Crippen LogP contribution in [-0.2, 0) is 0 Å². The van der Waals surface area contributed by atoms with Gasteiger partial charge < -0.3 is 10.4 Å². The van der Waals surface area contributed by atoms with Gasteiger partial charge in [-0.3, -0.25) is 0 Å². The summed E-state index contributed by atoms with van der Waals surface area (Å²) >= 11 is 0. The van der Waals surface area contributed by atoms with Gasteiger partial charge in [0.1, 0.15) is 5.75 Å². The van der Waals surface area contributed by atoms with Crippen LogP contribution in [-0.4, -0.2) is 11.7 Å². The van der Waals surface area contributed by atoms with Crippen molar-refractivity contribution in [3.63, 3.8) is 0 Å². The number of nitrogens with zero attached hydrogens (tertiary/aromatic N) is 1. The lowest BCUT2D eigenvalue weighted by Gasteiger charge is -2.12. The molecule has 2 N–H and O–H groups in total. The van der Waals surface area contributed by atoms with E-state index in [1.54, 1.807) is 18.2 Å². The van der Waals surface area contributed by atoms with Crippen molar-refractivity contribution in [2.24, 2.45) is 0 Å². The van der Waals surface area contributed by atoms with Crippen LogP contribution in [0.3, 0.4) is 0 Å². The number of rotatable bonds is 1. The summed E-state index contributed by atoms with van der Waals surface area (Å²) in [6, 6.07) is 7.29. The fraction of sp³-hybridized carbons (Fsp3) is 0.364. The minimum Gasteiger partial charge on any atom is -0.508 e. The van der Waals surface area contributed by atoms with E-state index in [0.29, 0.717) is 5.56 Å². The standard InChI is InChI=1S/C11H12N2O/c12-7-8-3-4-9(14)6-10(8)11-2-1-5-13-11/h3-4,6,11,13-14H,1-2,5H2. The molecular weight excluding hydrogens is 176 g/mol. The molecule has 0 saturated carbocycles. The zero-order chi connectivity index (χ0) is 9.97. The largest absolute Gasteiger partial charge is 0.508 e. The van der Waals surface area contributed by atoms with Gasteiger partial charge in [-0.25, -0.2) is 0 Å². The van der Waals surface area contributed by atoms with Crippen molar-refractivity contribution in [2.45, 2.75) is 18.9 Å². The molecule has 1 aromatic carbocycles. The second kappa shape index (κ2) is 3.69. The van der Waals surface area contributed by atoms with Gasteiger partial charge in [0.15, 0.2) is 0 Å². The molecule has 1 aliphatic rings. The number of benzene rings is 1. The molecule has 1 unspecified atom stereocenters. The van der Waals surface area contributed by atoms with Crippen molar-refractivity contribution >= 4 is 0 Å². The molecule has 0 spiro atoms. The molecule has 72 valence electrons. The van der Waals surface area contributed by atoms with Gasteiger partial charge in [-0.1, -0.05) is 0 Å². The minimum absolute atomic E-state index is 0.229. The fourth-order valence-corrected chi connectivity index (χ4v) is 1.89. The molecule has 1 saturated heterocycles. The van der Waals surface area contributed by atoms with Crippen LogP contribution in [0.5, 0.6) is 5.75 Å². The van der Waals surface area contributed by atoms with E-state index in [4.69, 9.17) is 5.26 Å². The SMILES string of the molecule is N#Cc1ccc(O)cc1C1CCCN1. The normalized spacial score (nSPS) is 20.6. The van der Waals surface area contributed by atoms with Gasteiger partial charge in [-0.15, -0.1) is 0 Å². The summed E-state index contributed by atoms with van der Waals surface area (Å²) in [6.45, 7) is 0.991. The molecule has 0 amide bonds. The monoisotopic (exact) mass is 188 g/mol. The highest BCUT2D eigenvalue weighted by Gasteiger charge is 2.19. The summed E-state index contributed by atoms with van der Waals surface area (Å²) in [5.74, 6) is 0.229. The number of hydrogen-bond donors (Lipinski definition) is 2. The Balaban J connectivity index is 2.39. The van der Waals surface area contributed by atoms with E-state index in [1.165, 1.54) is 0 Å². The van der Waals surface area contributed by atoms with Crippen LogP contribution in [0.2, 0.25) is 0 Å². The van der Waals surface area contributed by atoms with E-state index in [-0.39, 0.29) is 11.8 Å². The van der Waals surface area contributed by atoms with Gasteiger partial charge in [0.05, 0.1) is 11.6 Å². The van der Waals surface area contributed by atoms with Crippen molar-refractivity contribution in [3.05, 3.63) is 29.3 Å². The highest BCUT2D eigenvalue weighted by Crippen LogP contribution is 2.28. The molecule has 0 aliphatic carbocycles. The number of nitrogens with one attached hydrogen (secondary N) is 1. The molecule has 3 nitrogen and oxygen atoms in total. The van der Waals surface area contributed by atoms with Crippen LogP contribution >= 0.6 is 0 Å². The molecule has 0 radical (unpaired) electrons. The third kappa shape index (κ3) is 1.57. The highest BCUT2D eigenvalue weighted by atomic mass is 16.3.